The molecule has 0 atom stereocenters. The van der Waals surface area contributed by atoms with E-state index in [0.29, 0.717) is 12.4 Å². The van der Waals surface area contributed by atoms with Gasteiger partial charge in [-0.3, -0.25) is 0 Å². The summed E-state index contributed by atoms with van der Waals surface area (Å²) in [4.78, 5) is 9.29. The summed E-state index contributed by atoms with van der Waals surface area (Å²) in [5.41, 5.74) is 5.92. The maximum atomic E-state index is 11.0. The standard InChI is InChI=1S/C8H13ClN4O2S/c1-13(3-4-16(2,14)15)8-6(10)7(9)11-5-12-8/h5H,3-4,10H2,1-2H3. The molecule has 0 unspecified atom stereocenters. The molecule has 2 N–H and O–H groups in total. The predicted molar refractivity (Wildman–Crippen MR) is 64.4 cm³/mol. The summed E-state index contributed by atoms with van der Waals surface area (Å²) < 4.78 is 22.0. The van der Waals surface area contributed by atoms with E-state index < -0.39 is 9.84 Å². The summed E-state index contributed by atoms with van der Waals surface area (Å²) in [6.45, 7) is 0.302. The van der Waals surface area contributed by atoms with Crippen LogP contribution in [0.3, 0.4) is 0 Å². The lowest BCUT2D eigenvalue weighted by Gasteiger charge is -2.19. The maximum Gasteiger partial charge on any atom is 0.157 e. The number of nitrogens with two attached hydrogens (primary N) is 1. The lowest BCUT2D eigenvalue weighted by atomic mass is 10.4. The number of aromatic nitrogens is 2. The summed E-state index contributed by atoms with van der Waals surface area (Å²) in [5, 5.41) is 0.163. The van der Waals surface area contributed by atoms with E-state index in [9.17, 15) is 8.42 Å². The van der Waals surface area contributed by atoms with Crippen LogP contribution in [0.5, 0.6) is 0 Å². The number of nitrogen functional groups attached to an aromatic ring is 1. The Kier molecular flexibility index (Phi) is 3.93. The molecular formula is C8H13ClN4O2S. The normalized spacial score (nSPS) is 11.4. The number of hydrogen-bond acceptors (Lipinski definition) is 6. The van der Waals surface area contributed by atoms with Crippen molar-refractivity contribution in [1.29, 1.82) is 0 Å². The lowest BCUT2D eigenvalue weighted by Crippen LogP contribution is -2.26. The zero-order valence-corrected chi connectivity index (χ0v) is 10.6. The number of anilines is 2. The van der Waals surface area contributed by atoms with Crippen molar-refractivity contribution in [2.45, 2.75) is 0 Å². The van der Waals surface area contributed by atoms with Gasteiger partial charge in [0, 0.05) is 19.8 Å². The van der Waals surface area contributed by atoms with E-state index in [4.69, 9.17) is 17.3 Å². The van der Waals surface area contributed by atoms with Crippen LogP contribution < -0.4 is 10.6 Å². The Morgan fingerprint density at radius 2 is 2.12 bits per heavy atom. The van der Waals surface area contributed by atoms with Gasteiger partial charge < -0.3 is 10.6 Å². The zero-order valence-electron chi connectivity index (χ0n) is 9.01. The molecular weight excluding hydrogens is 252 g/mol. The minimum Gasteiger partial charge on any atom is -0.393 e. The molecule has 0 aliphatic carbocycles. The van der Waals surface area contributed by atoms with Gasteiger partial charge >= 0.3 is 0 Å². The maximum absolute atomic E-state index is 11.0. The van der Waals surface area contributed by atoms with Crippen molar-refractivity contribution < 1.29 is 8.42 Å². The van der Waals surface area contributed by atoms with Crippen molar-refractivity contribution >= 4 is 32.9 Å². The van der Waals surface area contributed by atoms with Gasteiger partial charge in [-0.1, -0.05) is 11.6 Å². The Bertz CT molecular complexity index is 477. The van der Waals surface area contributed by atoms with E-state index >= 15 is 0 Å². The van der Waals surface area contributed by atoms with Crippen molar-refractivity contribution in [3.05, 3.63) is 11.5 Å². The first kappa shape index (κ1) is 13.0. The molecule has 1 aromatic heterocycles. The van der Waals surface area contributed by atoms with Crippen LogP contribution in [0.2, 0.25) is 5.15 Å². The molecule has 0 aromatic carbocycles. The van der Waals surface area contributed by atoms with Gasteiger partial charge in [0.2, 0.25) is 0 Å². The molecule has 6 nitrogen and oxygen atoms in total. The number of nitrogens with zero attached hydrogens (tertiary/aromatic N) is 3. The molecule has 0 fully saturated rings. The quantitative estimate of drug-likeness (QED) is 0.781. The number of rotatable bonds is 4. The van der Waals surface area contributed by atoms with Gasteiger partial charge in [-0.15, -0.1) is 0 Å². The molecule has 0 spiro atoms. The van der Waals surface area contributed by atoms with Crippen molar-refractivity contribution in [1.82, 2.24) is 9.97 Å². The molecule has 1 aromatic rings. The third kappa shape index (κ3) is 3.49. The molecule has 0 aliphatic rings. The molecule has 0 amide bonds. The molecule has 0 bridgehead atoms. The highest BCUT2D eigenvalue weighted by Gasteiger charge is 2.12. The number of halogens is 1. The first-order valence-corrected chi connectivity index (χ1v) is 6.90. The lowest BCUT2D eigenvalue weighted by molar-refractivity contribution is 0.601. The van der Waals surface area contributed by atoms with Crippen LogP contribution in [-0.4, -0.2) is 44.0 Å². The molecule has 1 rings (SSSR count). The molecule has 0 saturated carbocycles. The van der Waals surface area contributed by atoms with E-state index in [-0.39, 0.29) is 16.6 Å². The average molecular weight is 265 g/mol. The highest BCUT2D eigenvalue weighted by Crippen LogP contribution is 2.24. The number of sulfone groups is 1. The van der Waals surface area contributed by atoms with Crippen LogP contribution in [-0.2, 0) is 9.84 Å². The SMILES string of the molecule is CN(CCS(C)(=O)=O)c1ncnc(Cl)c1N. The summed E-state index contributed by atoms with van der Waals surface area (Å²) in [7, 11) is -1.31. The zero-order chi connectivity index (χ0) is 12.3. The first-order chi connectivity index (χ1) is 7.31. The molecule has 16 heavy (non-hydrogen) atoms. The van der Waals surface area contributed by atoms with Gasteiger partial charge in [0.25, 0.3) is 0 Å². The van der Waals surface area contributed by atoms with E-state index in [1.54, 1.807) is 11.9 Å². The monoisotopic (exact) mass is 264 g/mol. The molecule has 0 saturated heterocycles. The van der Waals surface area contributed by atoms with Crippen molar-refractivity contribution in [3.63, 3.8) is 0 Å². The van der Waals surface area contributed by atoms with Gasteiger partial charge in [0.05, 0.1) is 5.75 Å². The van der Waals surface area contributed by atoms with E-state index in [1.165, 1.54) is 12.6 Å². The van der Waals surface area contributed by atoms with E-state index in [1.807, 2.05) is 0 Å². The fraction of sp³-hybridized carbons (Fsp3) is 0.500. The Balaban J connectivity index is 2.81. The van der Waals surface area contributed by atoms with E-state index in [0.717, 1.165) is 0 Å². The summed E-state index contributed by atoms with van der Waals surface area (Å²) in [5.74, 6) is 0.466. The van der Waals surface area contributed by atoms with Crippen LogP contribution >= 0.6 is 11.6 Å². The molecule has 8 heteroatoms. The third-order valence-electron chi connectivity index (χ3n) is 1.97. The minimum absolute atomic E-state index is 0.0323. The fourth-order valence-electron chi connectivity index (χ4n) is 1.08. The largest absolute Gasteiger partial charge is 0.393 e. The molecule has 90 valence electrons. The summed E-state index contributed by atoms with van der Waals surface area (Å²) >= 11 is 5.73. The first-order valence-electron chi connectivity index (χ1n) is 4.46. The van der Waals surface area contributed by atoms with Crippen LogP contribution in [0.25, 0.3) is 0 Å². The summed E-state index contributed by atoms with van der Waals surface area (Å²) in [6.07, 6.45) is 2.46. The highest BCUT2D eigenvalue weighted by atomic mass is 35.5. The van der Waals surface area contributed by atoms with Crippen LogP contribution in [0.15, 0.2) is 6.33 Å². The van der Waals surface area contributed by atoms with Crippen LogP contribution in [0.1, 0.15) is 0 Å². The Labute approximate surface area is 99.4 Å². The third-order valence-corrected chi connectivity index (χ3v) is 3.20. The Hall–Kier alpha value is -1.08. The number of hydrogen-bond donors (Lipinski definition) is 1. The molecule has 1 heterocycles. The van der Waals surface area contributed by atoms with Gasteiger partial charge in [-0.2, -0.15) is 0 Å². The van der Waals surface area contributed by atoms with Crippen molar-refractivity contribution in [2.75, 3.05) is 36.2 Å². The Morgan fingerprint density at radius 1 is 1.50 bits per heavy atom. The van der Waals surface area contributed by atoms with Crippen molar-refractivity contribution in [2.24, 2.45) is 0 Å². The fourth-order valence-corrected chi connectivity index (χ4v) is 1.81. The Morgan fingerprint density at radius 3 is 2.69 bits per heavy atom. The van der Waals surface area contributed by atoms with E-state index in [2.05, 4.69) is 9.97 Å². The van der Waals surface area contributed by atoms with Crippen LogP contribution in [0.4, 0.5) is 11.5 Å². The highest BCUT2D eigenvalue weighted by molar-refractivity contribution is 7.90. The predicted octanol–water partition coefficient (Wildman–Crippen LogP) is 0.193. The average Bonchev–Trinajstić information content (AvgIpc) is 2.17. The van der Waals surface area contributed by atoms with Crippen molar-refractivity contribution in [3.8, 4) is 0 Å². The molecule has 0 aliphatic heterocycles. The van der Waals surface area contributed by atoms with Gasteiger partial charge in [0.15, 0.2) is 11.0 Å². The van der Waals surface area contributed by atoms with Gasteiger partial charge in [-0.05, 0) is 0 Å². The second kappa shape index (κ2) is 4.84. The second-order valence-corrected chi connectivity index (χ2v) is 6.07. The topological polar surface area (TPSA) is 89.2 Å². The molecule has 0 radical (unpaired) electrons. The minimum atomic E-state index is -3.01. The van der Waals surface area contributed by atoms with Gasteiger partial charge in [0.1, 0.15) is 21.9 Å². The smallest absolute Gasteiger partial charge is 0.157 e. The van der Waals surface area contributed by atoms with Gasteiger partial charge in [-0.25, -0.2) is 18.4 Å². The van der Waals surface area contributed by atoms with Crippen LogP contribution in [0, 0.1) is 0 Å². The summed E-state index contributed by atoms with van der Waals surface area (Å²) in [6, 6.07) is 0. The second-order valence-electron chi connectivity index (χ2n) is 3.45.